The van der Waals surface area contributed by atoms with Crippen molar-refractivity contribution >= 4 is 29.3 Å². The van der Waals surface area contributed by atoms with E-state index in [4.69, 9.17) is 11.6 Å². The van der Waals surface area contributed by atoms with Gasteiger partial charge in [0.2, 0.25) is 5.91 Å². The van der Waals surface area contributed by atoms with E-state index >= 15 is 0 Å². The molecular formula is C20H21ClN4OS. The molecule has 1 N–H and O–H groups in total. The molecular weight excluding hydrogens is 380 g/mol. The Morgan fingerprint density at radius 1 is 1.15 bits per heavy atom. The monoisotopic (exact) mass is 400 g/mol. The summed E-state index contributed by atoms with van der Waals surface area (Å²) in [7, 11) is 0. The predicted molar refractivity (Wildman–Crippen MR) is 110 cm³/mol. The number of hydrogen-bond acceptors (Lipinski definition) is 4. The zero-order chi connectivity index (χ0) is 19.2. The van der Waals surface area contributed by atoms with E-state index in [1.54, 1.807) is 0 Å². The molecule has 0 aliphatic heterocycles. The van der Waals surface area contributed by atoms with Crippen LogP contribution in [0.25, 0.3) is 17.1 Å². The molecule has 7 heteroatoms. The number of benzene rings is 2. The summed E-state index contributed by atoms with van der Waals surface area (Å²) >= 11 is 7.38. The molecule has 1 heterocycles. The first-order valence-electron chi connectivity index (χ1n) is 8.77. The predicted octanol–water partition coefficient (Wildman–Crippen LogP) is 4.59. The summed E-state index contributed by atoms with van der Waals surface area (Å²) in [6, 6.07) is 17.5. The summed E-state index contributed by atoms with van der Waals surface area (Å²) in [5.74, 6) is 0.989. The van der Waals surface area contributed by atoms with Crippen LogP contribution in [0.3, 0.4) is 0 Å². The highest BCUT2D eigenvalue weighted by Gasteiger charge is 2.17. The van der Waals surface area contributed by atoms with Crippen LogP contribution >= 0.6 is 23.4 Å². The number of amides is 1. The van der Waals surface area contributed by atoms with Crippen molar-refractivity contribution in [2.75, 3.05) is 5.75 Å². The van der Waals surface area contributed by atoms with E-state index < -0.39 is 0 Å². The molecule has 140 valence electrons. The van der Waals surface area contributed by atoms with Gasteiger partial charge in [-0.3, -0.25) is 9.36 Å². The Hall–Kier alpha value is -2.31. The minimum absolute atomic E-state index is 0.00925. The van der Waals surface area contributed by atoms with E-state index in [0.717, 1.165) is 17.7 Å². The molecule has 0 aliphatic carbocycles. The molecule has 3 aromatic rings. The number of nitrogens with one attached hydrogen (secondary N) is 1. The lowest BCUT2D eigenvalue weighted by Gasteiger charge is -2.12. The quantitative estimate of drug-likeness (QED) is 0.589. The van der Waals surface area contributed by atoms with Crippen molar-refractivity contribution in [2.45, 2.75) is 31.5 Å². The lowest BCUT2D eigenvalue weighted by atomic mass is 10.2. The SMILES string of the molecule is CC[C@H](C)NC(=O)CSc1nnc(-c2ccc(Cl)cc2)n1-c1ccccc1. The third kappa shape index (κ3) is 4.90. The van der Waals surface area contributed by atoms with Gasteiger partial charge in [0.15, 0.2) is 11.0 Å². The highest BCUT2D eigenvalue weighted by molar-refractivity contribution is 7.99. The van der Waals surface area contributed by atoms with Crippen LogP contribution in [-0.4, -0.2) is 32.5 Å². The number of nitrogens with zero attached hydrogens (tertiary/aromatic N) is 3. The third-order valence-corrected chi connectivity index (χ3v) is 5.28. The van der Waals surface area contributed by atoms with Crippen molar-refractivity contribution in [1.82, 2.24) is 20.1 Å². The Bertz CT molecular complexity index is 896. The summed E-state index contributed by atoms with van der Waals surface area (Å²) in [5, 5.41) is 13.0. The van der Waals surface area contributed by atoms with E-state index in [2.05, 4.69) is 15.5 Å². The number of carbonyl (C=O) groups excluding carboxylic acids is 1. The van der Waals surface area contributed by atoms with Crippen molar-refractivity contribution in [1.29, 1.82) is 0 Å². The third-order valence-electron chi connectivity index (χ3n) is 4.10. The first kappa shape index (κ1) is 19.5. The smallest absolute Gasteiger partial charge is 0.230 e. The number of halogens is 1. The van der Waals surface area contributed by atoms with E-state index in [9.17, 15) is 4.79 Å². The van der Waals surface area contributed by atoms with E-state index in [0.29, 0.717) is 16.0 Å². The lowest BCUT2D eigenvalue weighted by Crippen LogP contribution is -2.33. The van der Waals surface area contributed by atoms with Crippen LogP contribution in [0, 0.1) is 0 Å². The van der Waals surface area contributed by atoms with Crippen LogP contribution in [0.4, 0.5) is 0 Å². The van der Waals surface area contributed by atoms with Crippen LogP contribution < -0.4 is 5.32 Å². The van der Waals surface area contributed by atoms with Gasteiger partial charge in [-0.15, -0.1) is 10.2 Å². The molecule has 0 saturated heterocycles. The molecule has 1 aromatic heterocycles. The van der Waals surface area contributed by atoms with Crippen molar-refractivity contribution in [3.8, 4) is 17.1 Å². The number of carbonyl (C=O) groups is 1. The summed E-state index contributed by atoms with van der Waals surface area (Å²) in [6.45, 7) is 4.04. The largest absolute Gasteiger partial charge is 0.353 e. The van der Waals surface area contributed by atoms with Gasteiger partial charge < -0.3 is 5.32 Å². The average molecular weight is 401 g/mol. The van der Waals surface area contributed by atoms with Gasteiger partial charge >= 0.3 is 0 Å². The van der Waals surface area contributed by atoms with E-state index in [1.807, 2.05) is 73.0 Å². The second-order valence-electron chi connectivity index (χ2n) is 6.15. The van der Waals surface area contributed by atoms with Crippen LogP contribution in [0.1, 0.15) is 20.3 Å². The second-order valence-corrected chi connectivity index (χ2v) is 7.53. The van der Waals surface area contributed by atoms with Gasteiger partial charge in [0.25, 0.3) is 0 Å². The molecule has 0 radical (unpaired) electrons. The molecule has 0 spiro atoms. The number of hydrogen-bond donors (Lipinski definition) is 1. The lowest BCUT2D eigenvalue weighted by molar-refractivity contribution is -0.119. The van der Waals surface area contributed by atoms with Crippen molar-refractivity contribution in [3.05, 3.63) is 59.6 Å². The molecule has 1 atom stereocenters. The van der Waals surface area contributed by atoms with Gasteiger partial charge in [-0.25, -0.2) is 0 Å². The van der Waals surface area contributed by atoms with Gasteiger partial charge in [0.05, 0.1) is 5.75 Å². The van der Waals surface area contributed by atoms with Gasteiger partial charge in [0.1, 0.15) is 0 Å². The molecule has 1 amide bonds. The summed E-state index contributed by atoms with van der Waals surface area (Å²) in [6.07, 6.45) is 0.900. The normalized spacial score (nSPS) is 12.0. The van der Waals surface area contributed by atoms with Crippen LogP contribution in [0.2, 0.25) is 5.02 Å². The Balaban J connectivity index is 1.90. The first-order chi connectivity index (χ1) is 13.1. The summed E-state index contributed by atoms with van der Waals surface area (Å²) in [4.78, 5) is 12.1. The molecule has 0 fully saturated rings. The maximum Gasteiger partial charge on any atom is 0.230 e. The van der Waals surface area contributed by atoms with Crippen molar-refractivity contribution in [3.63, 3.8) is 0 Å². The second kappa shape index (κ2) is 9.06. The Morgan fingerprint density at radius 2 is 1.85 bits per heavy atom. The Morgan fingerprint density at radius 3 is 2.52 bits per heavy atom. The highest BCUT2D eigenvalue weighted by Crippen LogP contribution is 2.28. The van der Waals surface area contributed by atoms with Gasteiger partial charge in [-0.1, -0.05) is 48.5 Å². The van der Waals surface area contributed by atoms with E-state index in [-0.39, 0.29) is 17.7 Å². The van der Waals surface area contributed by atoms with Gasteiger partial charge in [-0.05, 0) is 49.7 Å². The Labute approximate surface area is 168 Å². The van der Waals surface area contributed by atoms with E-state index in [1.165, 1.54) is 11.8 Å². The Kier molecular flexibility index (Phi) is 6.53. The number of rotatable bonds is 7. The molecule has 3 rings (SSSR count). The number of aromatic nitrogens is 3. The van der Waals surface area contributed by atoms with Crippen LogP contribution in [0.15, 0.2) is 59.8 Å². The summed E-state index contributed by atoms with van der Waals surface area (Å²) in [5.41, 5.74) is 1.85. The fraction of sp³-hybridized carbons (Fsp3) is 0.250. The minimum atomic E-state index is -0.00925. The van der Waals surface area contributed by atoms with Crippen molar-refractivity contribution in [2.24, 2.45) is 0 Å². The zero-order valence-electron chi connectivity index (χ0n) is 15.2. The van der Waals surface area contributed by atoms with Crippen molar-refractivity contribution < 1.29 is 4.79 Å². The number of thioether (sulfide) groups is 1. The molecule has 0 saturated carbocycles. The topological polar surface area (TPSA) is 59.8 Å². The fourth-order valence-electron chi connectivity index (χ4n) is 2.51. The molecule has 0 unspecified atom stereocenters. The molecule has 27 heavy (non-hydrogen) atoms. The maximum atomic E-state index is 12.1. The molecule has 0 bridgehead atoms. The van der Waals surface area contributed by atoms with Gasteiger partial charge in [0, 0.05) is 22.3 Å². The van der Waals surface area contributed by atoms with Crippen LogP contribution in [-0.2, 0) is 4.79 Å². The first-order valence-corrected chi connectivity index (χ1v) is 10.1. The molecule has 2 aromatic carbocycles. The molecule has 5 nitrogen and oxygen atoms in total. The van der Waals surface area contributed by atoms with Gasteiger partial charge in [-0.2, -0.15) is 0 Å². The zero-order valence-corrected chi connectivity index (χ0v) is 16.8. The summed E-state index contributed by atoms with van der Waals surface area (Å²) < 4.78 is 1.96. The number of para-hydroxylation sites is 1. The molecule has 0 aliphatic rings. The highest BCUT2D eigenvalue weighted by atomic mass is 35.5. The minimum Gasteiger partial charge on any atom is -0.353 e. The standard InChI is InChI=1S/C20H21ClN4OS/c1-3-14(2)22-18(26)13-27-20-24-23-19(15-9-11-16(21)12-10-15)25(20)17-7-5-4-6-8-17/h4-12,14H,3,13H2,1-2H3,(H,22,26)/t14-/m0/s1. The maximum absolute atomic E-state index is 12.1. The fourth-order valence-corrected chi connectivity index (χ4v) is 3.40. The average Bonchev–Trinajstić information content (AvgIpc) is 3.11. The van der Waals surface area contributed by atoms with Crippen LogP contribution in [0.5, 0.6) is 0 Å².